The quantitative estimate of drug-likeness (QED) is 0.328. The van der Waals surface area contributed by atoms with Gasteiger partial charge < -0.3 is 4.74 Å². The number of hydrogen-bond acceptors (Lipinski definition) is 5. The molecule has 1 N–H and O–H groups in total. The largest absolute Gasteiger partial charge is 0.493 e. The Morgan fingerprint density at radius 2 is 1.66 bits per heavy atom. The molecule has 0 saturated heterocycles. The van der Waals surface area contributed by atoms with Crippen LogP contribution >= 0.6 is 0 Å². The van der Waals surface area contributed by atoms with E-state index in [0.717, 1.165) is 26.7 Å². The van der Waals surface area contributed by atoms with Gasteiger partial charge in [-0.05, 0) is 73.4 Å². The van der Waals surface area contributed by atoms with Crippen LogP contribution in [-0.2, 0) is 14.8 Å². The molecule has 0 radical (unpaired) electrons. The molecule has 8 heteroatoms. The van der Waals surface area contributed by atoms with Crippen LogP contribution < -0.4 is 14.5 Å². The summed E-state index contributed by atoms with van der Waals surface area (Å²) in [4.78, 5) is 12.8. The molecule has 0 saturated carbocycles. The molecular weight excluding hydrogens is 462 g/mol. The third kappa shape index (κ3) is 7.16. The van der Waals surface area contributed by atoms with Gasteiger partial charge in [0.25, 0.3) is 15.9 Å². The molecule has 35 heavy (non-hydrogen) atoms. The molecule has 0 aliphatic heterocycles. The highest BCUT2D eigenvalue weighted by Gasteiger charge is 2.28. The SMILES string of the molecule is Cc1ccc(S(=O)(=O)N(CC(=O)N/N=C\c2ccc(OCC(C)C)cc2)c2ccccc2C)cc1. The first-order valence-corrected chi connectivity index (χ1v) is 12.8. The van der Waals surface area contributed by atoms with Gasteiger partial charge in [0.05, 0.1) is 23.4 Å². The van der Waals surface area contributed by atoms with Crippen LogP contribution in [0, 0.1) is 19.8 Å². The second-order valence-corrected chi connectivity index (χ2v) is 10.5. The fourth-order valence-electron chi connectivity index (χ4n) is 3.24. The first kappa shape index (κ1) is 26.0. The van der Waals surface area contributed by atoms with Crippen molar-refractivity contribution < 1.29 is 17.9 Å². The number of rotatable bonds is 10. The van der Waals surface area contributed by atoms with Crippen molar-refractivity contribution in [1.29, 1.82) is 0 Å². The summed E-state index contributed by atoms with van der Waals surface area (Å²) in [5.41, 5.74) is 5.31. The summed E-state index contributed by atoms with van der Waals surface area (Å²) in [7, 11) is -3.98. The van der Waals surface area contributed by atoms with Crippen molar-refractivity contribution in [3.8, 4) is 5.75 Å². The Hall–Kier alpha value is -3.65. The smallest absolute Gasteiger partial charge is 0.264 e. The predicted molar refractivity (Wildman–Crippen MR) is 139 cm³/mol. The lowest BCUT2D eigenvalue weighted by atomic mass is 10.2. The minimum atomic E-state index is -3.98. The Kier molecular flexibility index (Phi) is 8.65. The summed E-state index contributed by atoms with van der Waals surface area (Å²) in [6, 6.07) is 20.9. The molecule has 3 rings (SSSR count). The number of hydrogen-bond donors (Lipinski definition) is 1. The second-order valence-electron chi connectivity index (χ2n) is 8.68. The lowest BCUT2D eigenvalue weighted by Gasteiger charge is -2.25. The molecule has 7 nitrogen and oxygen atoms in total. The highest BCUT2D eigenvalue weighted by atomic mass is 32.2. The van der Waals surface area contributed by atoms with Crippen molar-refractivity contribution >= 4 is 27.8 Å². The average Bonchev–Trinajstić information content (AvgIpc) is 2.83. The normalized spacial score (nSPS) is 11.6. The standard InChI is InChI=1S/C27H31N3O4S/c1-20(2)19-34-24-13-11-23(12-14-24)17-28-29-27(31)18-30(26-8-6-5-7-22(26)4)35(32,33)25-15-9-21(3)10-16-25/h5-17,20H,18-19H2,1-4H3,(H,29,31)/b28-17-. The molecule has 0 unspecified atom stereocenters. The number of nitrogens with zero attached hydrogens (tertiary/aromatic N) is 2. The number of anilines is 1. The van der Waals surface area contributed by atoms with Gasteiger partial charge in [-0.1, -0.05) is 49.7 Å². The Labute approximate surface area is 207 Å². The van der Waals surface area contributed by atoms with Crippen molar-refractivity contribution in [2.24, 2.45) is 11.0 Å². The number of sulfonamides is 1. The van der Waals surface area contributed by atoms with E-state index >= 15 is 0 Å². The zero-order chi connectivity index (χ0) is 25.4. The number of ether oxygens (including phenoxy) is 1. The molecule has 3 aromatic carbocycles. The van der Waals surface area contributed by atoms with Crippen LogP contribution in [0.1, 0.15) is 30.5 Å². The topological polar surface area (TPSA) is 88.1 Å². The number of carbonyl (C=O) groups excluding carboxylic acids is 1. The number of benzene rings is 3. The fourth-order valence-corrected chi connectivity index (χ4v) is 4.72. The summed E-state index contributed by atoms with van der Waals surface area (Å²) >= 11 is 0. The van der Waals surface area contributed by atoms with Crippen molar-refractivity contribution in [3.63, 3.8) is 0 Å². The maximum Gasteiger partial charge on any atom is 0.264 e. The number of hydrazone groups is 1. The van der Waals surface area contributed by atoms with Crippen LogP contribution in [0.5, 0.6) is 5.75 Å². The number of carbonyl (C=O) groups is 1. The summed E-state index contributed by atoms with van der Waals surface area (Å²) in [5, 5.41) is 3.99. The minimum Gasteiger partial charge on any atom is -0.493 e. The lowest BCUT2D eigenvalue weighted by molar-refractivity contribution is -0.119. The molecule has 1 amide bonds. The molecule has 0 heterocycles. The van der Waals surface area contributed by atoms with Crippen LogP contribution in [-0.4, -0.2) is 33.7 Å². The van der Waals surface area contributed by atoms with E-state index in [1.807, 2.05) is 37.3 Å². The molecule has 0 atom stereocenters. The molecule has 0 aromatic heterocycles. The molecule has 3 aromatic rings. The minimum absolute atomic E-state index is 0.113. The lowest BCUT2D eigenvalue weighted by Crippen LogP contribution is -2.40. The van der Waals surface area contributed by atoms with Crippen molar-refractivity contribution in [2.75, 3.05) is 17.5 Å². The third-order valence-corrected chi connectivity index (χ3v) is 6.92. The van der Waals surface area contributed by atoms with Gasteiger partial charge in [0, 0.05) is 0 Å². The van der Waals surface area contributed by atoms with Crippen molar-refractivity contribution in [3.05, 3.63) is 89.5 Å². The van der Waals surface area contributed by atoms with E-state index in [1.54, 1.807) is 49.4 Å². The number of aryl methyl sites for hydroxylation is 2. The molecule has 184 valence electrons. The maximum absolute atomic E-state index is 13.4. The first-order valence-electron chi connectivity index (χ1n) is 11.4. The number of para-hydroxylation sites is 1. The molecule has 0 fully saturated rings. The van der Waals surface area contributed by atoms with Crippen LogP contribution in [0.4, 0.5) is 5.69 Å². The van der Waals surface area contributed by atoms with E-state index in [2.05, 4.69) is 24.4 Å². The first-order chi connectivity index (χ1) is 16.7. The van der Waals surface area contributed by atoms with Gasteiger partial charge in [0.15, 0.2) is 0 Å². The molecule has 0 spiro atoms. The Balaban J connectivity index is 1.74. The number of amides is 1. The van der Waals surface area contributed by atoms with E-state index in [9.17, 15) is 13.2 Å². The van der Waals surface area contributed by atoms with E-state index in [-0.39, 0.29) is 4.90 Å². The van der Waals surface area contributed by atoms with Gasteiger partial charge in [-0.2, -0.15) is 5.10 Å². The van der Waals surface area contributed by atoms with E-state index in [0.29, 0.717) is 18.2 Å². The average molecular weight is 494 g/mol. The highest BCUT2D eigenvalue weighted by Crippen LogP contribution is 2.26. The summed E-state index contributed by atoms with van der Waals surface area (Å²) < 4.78 is 33.7. The van der Waals surface area contributed by atoms with Gasteiger partial charge in [0.2, 0.25) is 0 Å². The van der Waals surface area contributed by atoms with Gasteiger partial charge in [-0.15, -0.1) is 0 Å². The van der Waals surface area contributed by atoms with E-state index < -0.39 is 22.5 Å². The van der Waals surface area contributed by atoms with Crippen LogP contribution in [0.15, 0.2) is 82.8 Å². The van der Waals surface area contributed by atoms with Gasteiger partial charge in [-0.25, -0.2) is 13.8 Å². The van der Waals surface area contributed by atoms with Crippen LogP contribution in [0.3, 0.4) is 0 Å². The predicted octanol–water partition coefficient (Wildman–Crippen LogP) is 4.68. The van der Waals surface area contributed by atoms with Crippen LogP contribution in [0.25, 0.3) is 0 Å². The molecule has 0 aliphatic rings. The van der Waals surface area contributed by atoms with Gasteiger partial charge in [-0.3, -0.25) is 9.10 Å². The fraction of sp³-hybridized carbons (Fsp3) is 0.259. The Morgan fingerprint density at radius 3 is 2.29 bits per heavy atom. The van der Waals surface area contributed by atoms with E-state index in [4.69, 9.17) is 4.74 Å². The van der Waals surface area contributed by atoms with Crippen molar-refractivity contribution in [1.82, 2.24) is 5.43 Å². The zero-order valence-corrected chi connectivity index (χ0v) is 21.2. The number of nitrogens with one attached hydrogen (secondary N) is 1. The second kappa shape index (κ2) is 11.7. The third-order valence-electron chi connectivity index (χ3n) is 5.15. The Morgan fingerprint density at radius 1 is 1.00 bits per heavy atom. The van der Waals surface area contributed by atoms with Gasteiger partial charge >= 0.3 is 0 Å². The zero-order valence-electron chi connectivity index (χ0n) is 20.4. The summed E-state index contributed by atoms with van der Waals surface area (Å²) in [6.07, 6.45) is 1.50. The molecule has 0 bridgehead atoms. The molecule has 0 aliphatic carbocycles. The molecular formula is C27H31N3O4S. The Bertz CT molecular complexity index is 1270. The monoisotopic (exact) mass is 493 g/mol. The van der Waals surface area contributed by atoms with Crippen molar-refractivity contribution in [2.45, 2.75) is 32.6 Å². The summed E-state index contributed by atoms with van der Waals surface area (Å²) in [5.74, 6) is 0.632. The van der Waals surface area contributed by atoms with Gasteiger partial charge in [0.1, 0.15) is 12.3 Å². The highest BCUT2D eigenvalue weighted by molar-refractivity contribution is 7.92. The van der Waals surface area contributed by atoms with E-state index in [1.165, 1.54) is 6.21 Å². The maximum atomic E-state index is 13.4. The van der Waals surface area contributed by atoms with Crippen LogP contribution in [0.2, 0.25) is 0 Å². The summed E-state index contributed by atoms with van der Waals surface area (Å²) in [6.45, 7) is 8.06.